The zero-order valence-electron chi connectivity index (χ0n) is 35.9. The summed E-state index contributed by atoms with van der Waals surface area (Å²) in [6.45, 7) is 7.44. The van der Waals surface area contributed by atoms with Crippen LogP contribution in [-0.2, 0) is 48.0 Å². The van der Waals surface area contributed by atoms with Crippen molar-refractivity contribution in [2.75, 3.05) is 19.8 Å². The van der Waals surface area contributed by atoms with Crippen LogP contribution in [0.25, 0.3) is 11.1 Å². The third-order valence-electron chi connectivity index (χ3n) is 10.2. The fraction of sp³-hybridized carbons (Fsp3) is 0.467. The van der Waals surface area contributed by atoms with E-state index >= 15 is 0 Å². The van der Waals surface area contributed by atoms with Gasteiger partial charge in [-0.05, 0) is 106 Å². The molecule has 0 bridgehead atoms. The van der Waals surface area contributed by atoms with E-state index in [-0.39, 0.29) is 12.8 Å². The molecule has 0 aromatic heterocycles. The zero-order valence-corrected chi connectivity index (χ0v) is 35.9. The van der Waals surface area contributed by atoms with Crippen LogP contribution in [0.4, 0.5) is 0 Å². The molecule has 3 rings (SSSR count). The fourth-order valence-corrected chi connectivity index (χ4v) is 6.83. The quantitative estimate of drug-likeness (QED) is 0.0502. The number of primary amides is 1. The number of nitrogens with one attached hydrogen (secondary N) is 4. The van der Waals surface area contributed by atoms with Crippen molar-refractivity contribution < 1.29 is 48.8 Å². The van der Waals surface area contributed by atoms with Gasteiger partial charge in [-0.15, -0.1) is 0 Å². The number of aryl methyl sites for hydroxylation is 4. The summed E-state index contributed by atoms with van der Waals surface area (Å²) in [5, 5.41) is 38.7. The fourth-order valence-electron chi connectivity index (χ4n) is 6.83. The lowest BCUT2D eigenvalue weighted by molar-refractivity contribution is -0.141. The first-order valence-corrected chi connectivity index (χ1v) is 20.9. The Bertz CT molecular complexity index is 1970. The van der Waals surface area contributed by atoms with Crippen LogP contribution in [0.2, 0.25) is 0 Å². The Labute approximate surface area is 362 Å². The van der Waals surface area contributed by atoms with Gasteiger partial charge in [0.1, 0.15) is 36.0 Å². The molecule has 0 aliphatic heterocycles. The van der Waals surface area contributed by atoms with Crippen molar-refractivity contribution in [3.8, 4) is 16.9 Å². The smallest absolute Gasteiger partial charge is 0.305 e. The lowest BCUT2D eigenvalue weighted by Gasteiger charge is -2.26. The van der Waals surface area contributed by atoms with E-state index in [1.54, 1.807) is 12.1 Å². The molecule has 5 amide bonds. The van der Waals surface area contributed by atoms with Gasteiger partial charge < -0.3 is 58.5 Å². The summed E-state index contributed by atoms with van der Waals surface area (Å²) in [6.07, 6.45) is 1.36. The van der Waals surface area contributed by atoms with E-state index < -0.39 is 84.8 Å². The van der Waals surface area contributed by atoms with E-state index in [0.717, 1.165) is 58.4 Å². The maximum atomic E-state index is 14.0. The molecule has 0 aliphatic rings. The lowest BCUT2D eigenvalue weighted by atomic mass is 9.95. The molecule has 0 fully saturated rings. The molecule has 0 radical (unpaired) electrons. The maximum Gasteiger partial charge on any atom is 0.305 e. The van der Waals surface area contributed by atoms with Crippen LogP contribution in [0, 0.1) is 13.8 Å². The number of hydrogen-bond donors (Lipinski definition) is 10. The van der Waals surface area contributed by atoms with Gasteiger partial charge in [0.2, 0.25) is 29.5 Å². The second-order valence-corrected chi connectivity index (χ2v) is 15.5. The van der Waals surface area contributed by atoms with E-state index in [1.807, 2.05) is 69.3 Å². The van der Waals surface area contributed by atoms with Crippen molar-refractivity contribution in [2.45, 2.75) is 115 Å². The monoisotopic (exact) mass is 861 g/mol. The molecule has 17 heteroatoms. The molecule has 0 unspecified atom stereocenters. The molecule has 0 saturated carbocycles. The minimum absolute atomic E-state index is 0.123. The Hall–Kier alpha value is -5.88. The lowest BCUT2D eigenvalue weighted by Crippen LogP contribution is -2.60. The Morgan fingerprint density at radius 1 is 0.742 bits per heavy atom. The van der Waals surface area contributed by atoms with Crippen molar-refractivity contribution in [3.63, 3.8) is 0 Å². The molecule has 6 atom stereocenters. The number of carbonyl (C=O) groups is 6. The number of ether oxygens (including phenoxy) is 1. The first-order valence-electron chi connectivity index (χ1n) is 20.9. The Balaban J connectivity index is 1.89. The highest BCUT2D eigenvalue weighted by molar-refractivity contribution is 5.97. The van der Waals surface area contributed by atoms with Gasteiger partial charge in [0.05, 0.1) is 25.7 Å². The van der Waals surface area contributed by atoms with Gasteiger partial charge in [-0.3, -0.25) is 28.8 Å². The van der Waals surface area contributed by atoms with Crippen molar-refractivity contribution in [2.24, 2.45) is 17.2 Å². The molecule has 13 N–H and O–H groups in total. The molecular formula is C45H63N7O10. The van der Waals surface area contributed by atoms with Gasteiger partial charge in [0.15, 0.2) is 0 Å². The van der Waals surface area contributed by atoms with Gasteiger partial charge in [0.25, 0.3) is 0 Å². The first-order chi connectivity index (χ1) is 29.4. The number of aliphatic carboxylic acids is 1. The second-order valence-electron chi connectivity index (χ2n) is 15.5. The maximum absolute atomic E-state index is 14.0. The minimum Gasteiger partial charge on any atom is -0.494 e. The molecule has 0 heterocycles. The topological polar surface area (TPSA) is 299 Å². The molecule has 338 valence electrons. The highest BCUT2D eigenvalue weighted by Crippen LogP contribution is 2.29. The largest absolute Gasteiger partial charge is 0.494 e. The molecular weight excluding hydrogens is 799 g/mol. The van der Waals surface area contributed by atoms with E-state index in [2.05, 4.69) is 21.3 Å². The standard InChI is InChI=1S/C45H63N7O10/c1-5-31-23-33(62-18-7-6-17-46)15-16-34(31)32-13-11-29(12-14-32)22-36(42(58)49-35(41(48)57)10-8-9-30-20-26(2)19-27(3)21-30)50-43(59)37(24-39(55)56)51-44(60)38(25-53)52-45(61)40(47)28(4)54/h11-16,19-21,23,28,35-38,40,53-54H,5-10,17-18,22,24-25,46-47H2,1-4H3,(H2,48,57)(H,49,58)(H,50,59)(H,51,60)(H,52,61)(H,55,56)/t28-,35+,36+,37+,38+,40+/m1/s1. The average molecular weight is 862 g/mol. The number of amides is 5. The van der Waals surface area contributed by atoms with Crippen LogP contribution < -0.4 is 43.2 Å². The number of aliphatic hydroxyl groups excluding tert-OH is 2. The van der Waals surface area contributed by atoms with Crippen molar-refractivity contribution in [1.29, 1.82) is 0 Å². The van der Waals surface area contributed by atoms with Crippen LogP contribution >= 0.6 is 0 Å². The molecule has 0 spiro atoms. The van der Waals surface area contributed by atoms with Gasteiger partial charge in [0, 0.05) is 6.42 Å². The molecule has 3 aromatic carbocycles. The average Bonchev–Trinajstić information content (AvgIpc) is 3.22. The van der Waals surface area contributed by atoms with E-state index in [1.165, 1.54) is 6.92 Å². The predicted octanol–water partition coefficient (Wildman–Crippen LogP) is 0.816. The highest BCUT2D eigenvalue weighted by Gasteiger charge is 2.33. The van der Waals surface area contributed by atoms with Crippen LogP contribution in [0.1, 0.15) is 73.8 Å². The predicted molar refractivity (Wildman–Crippen MR) is 234 cm³/mol. The number of carbonyl (C=O) groups excluding carboxylic acids is 5. The van der Waals surface area contributed by atoms with Gasteiger partial charge in [-0.1, -0.05) is 66.6 Å². The molecule has 0 aliphatic carbocycles. The molecule has 17 nitrogen and oxygen atoms in total. The van der Waals surface area contributed by atoms with Gasteiger partial charge >= 0.3 is 5.97 Å². The van der Waals surface area contributed by atoms with E-state index in [4.69, 9.17) is 21.9 Å². The van der Waals surface area contributed by atoms with Crippen LogP contribution in [0.5, 0.6) is 5.75 Å². The number of carboxylic acids is 1. The normalized spacial score (nSPS) is 14.0. The summed E-state index contributed by atoms with van der Waals surface area (Å²) in [6, 6.07) is 11.8. The Kier molecular flexibility index (Phi) is 20.5. The van der Waals surface area contributed by atoms with Crippen molar-refractivity contribution in [3.05, 3.63) is 88.5 Å². The van der Waals surface area contributed by atoms with E-state index in [9.17, 15) is 44.1 Å². The Morgan fingerprint density at radius 2 is 1.34 bits per heavy atom. The van der Waals surface area contributed by atoms with Gasteiger partial charge in [-0.25, -0.2) is 0 Å². The number of benzene rings is 3. The number of rotatable bonds is 26. The number of aliphatic hydroxyl groups is 2. The first kappa shape index (κ1) is 50.5. The third kappa shape index (κ3) is 16.2. The minimum atomic E-state index is -1.79. The summed E-state index contributed by atoms with van der Waals surface area (Å²) in [7, 11) is 0. The van der Waals surface area contributed by atoms with Gasteiger partial charge in [-0.2, -0.15) is 0 Å². The molecule has 3 aromatic rings. The van der Waals surface area contributed by atoms with Crippen LogP contribution in [-0.4, -0.2) is 107 Å². The van der Waals surface area contributed by atoms with Crippen molar-refractivity contribution in [1.82, 2.24) is 21.3 Å². The number of carboxylic acid groups (broad SMARTS) is 1. The highest BCUT2D eigenvalue weighted by atomic mass is 16.5. The van der Waals surface area contributed by atoms with Crippen molar-refractivity contribution >= 4 is 35.5 Å². The number of hydrogen-bond acceptors (Lipinski definition) is 11. The molecule has 0 saturated heterocycles. The summed E-state index contributed by atoms with van der Waals surface area (Å²) in [5.74, 6) is -5.52. The Morgan fingerprint density at radius 3 is 1.92 bits per heavy atom. The third-order valence-corrected chi connectivity index (χ3v) is 10.2. The number of unbranched alkanes of at least 4 members (excludes halogenated alkanes) is 1. The summed E-state index contributed by atoms with van der Waals surface area (Å²) < 4.78 is 5.91. The van der Waals surface area contributed by atoms with Crippen LogP contribution in [0.15, 0.2) is 60.7 Å². The number of nitrogens with two attached hydrogens (primary N) is 3. The SMILES string of the molecule is CCc1cc(OCCCCN)ccc1-c1ccc(C[C@H](NC(=O)[C@H](CC(=O)O)NC(=O)[C@H](CO)NC(=O)[C@@H](N)[C@@H](C)O)C(=O)N[C@@H](CCCc2cc(C)cc(C)c2)C(N)=O)cc1. The van der Waals surface area contributed by atoms with Crippen LogP contribution in [0.3, 0.4) is 0 Å². The summed E-state index contributed by atoms with van der Waals surface area (Å²) >= 11 is 0. The second kappa shape index (κ2) is 25.2. The van der Waals surface area contributed by atoms with E-state index in [0.29, 0.717) is 31.6 Å². The molecule has 62 heavy (non-hydrogen) atoms. The summed E-state index contributed by atoms with van der Waals surface area (Å²) in [5.41, 5.74) is 23.7. The summed E-state index contributed by atoms with van der Waals surface area (Å²) in [4.78, 5) is 77.9. The zero-order chi connectivity index (χ0) is 45.9.